The summed E-state index contributed by atoms with van der Waals surface area (Å²) >= 11 is 0. The first kappa shape index (κ1) is 19.2. The topological polar surface area (TPSA) is 75.0 Å². The molecule has 2 aromatic carbocycles. The van der Waals surface area contributed by atoms with Crippen molar-refractivity contribution < 1.29 is 18.1 Å². The fourth-order valence-electron chi connectivity index (χ4n) is 5.00. The molecule has 1 saturated carbocycles. The number of nitrogens with one attached hydrogen (secondary N) is 1. The number of rotatable bonds is 4. The zero-order valence-electron chi connectivity index (χ0n) is 17.5. The summed E-state index contributed by atoms with van der Waals surface area (Å²) in [5.74, 6) is -1.20. The Kier molecular flexibility index (Phi) is 4.02. The molecule has 1 aliphatic carbocycles. The lowest BCUT2D eigenvalue weighted by atomic mass is 9.77. The number of amides is 1. The van der Waals surface area contributed by atoms with Crippen molar-refractivity contribution in [2.24, 2.45) is 11.8 Å². The molecule has 2 atom stereocenters. The van der Waals surface area contributed by atoms with Crippen molar-refractivity contribution in [1.82, 2.24) is 15.1 Å². The predicted octanol–water partition coefficient (Wildman–Crippen LogP) is 5.23. The van der Waals surface area contributed by atoms with Crippen LogP contribution in [-0.2, 0) is 4.79 Å². The van der Waals surface area contributed by atoms with Crippen LogP contribution in [-0.4, -0.2) is 21.0 Å². The molecule has 0 bridgehead atoms. The van der Waals surface area contributed by atoms with Crippen molar-refractivity contribution in [2.75, 3.05) is 4.90 Å². The van der Waals surface area contributed by atoms with Crippen molar-refractivity contribution in [1.29, 1.82) is 0 Å². The van der Waals surface area contributed by atoms with Crippen molar-refractivity contribution >= 4 is 22.6 Å². The fraction of sp³-hybridized carbons (Fsp3) is 0.292. The first-order chi connectivity index (χ1) is 15.4. The van der Waals surface area contributed by atoms with E-state index in [1.807, 2.05) is 6.07 Å². The van der Waals surface area contributed by atoms with Gasteiger partial charge in [0.05, 0.1) is 35.0 Å². The smallest absolute Gasteiger partial charge is 0.233 e. The van der Waals surface area contributed by atoms with E-state index in [0.29, 0.717) is 33.8 Å². The molecule has 0 radical (unpaired) electrons. The number of fused-ring (bicyclic) bond motifs is 1. The normalized spacial score (nSPS) is 20.8. The minimum Gasteiger partial charge on any atom is -0.361 e. The third kappa shape index (κ3) is 2.71. The van der Waals surface area contributed by atoms with Crippen LogP contribution in [0.15, 0.2) is 41.2 Å². The number of hydrogen-bond donors (Lipinski definition) is 1. The number of benzene rings is 2. The van der Waals surface area contributed by atoms with E-state index in [1.165, 1.54) is 17.0 Å². The summed E-state index contributed by atoms with van der Waals surface area (Å²) in [6.07, 6.45) is 3.38. The SMILES string of the molecule is Cc1noc(C)c1-c1cc(F)c(C2C(C3CC3)C(=O)N2c2ccc3[nH]cnc3c2)c(F)c1. The highest BCUT2D eigenvalue weighted by atomic mass is 19.1. The van der Waals surface area contributed by atoms with Crippen LogP contribution in [0.4, 0.5) is 14.5 Å². The summed E-state index contributed by atoms with van der Waals surface area (Å²) in [5, 5.41) is 3.88. The first-order valence-corrected chi connectivity index (χ1v) is 10.6. The highest BCUT2D eigenvalue weighted by molar-refractivity contribution is 6.04. The number of carbonyl (C=O) groups excluding carboxylic acids is 1. The van der Waals surface area contributed by atoms with E-state index >= 15 is 8.78 Å². The molecular weight excluding hydrogens is 414 g/mol. The highest BCUT2D eigenvalue weighted by Crippen LogP contribution is 2.55. The standard InChI is InChI=1S/C24H20F2N4O2/c1-11-20(12(2)32-29-11)14-7-16(25)22(17(26)8-14)23-21(13-3-4-13)24(31)30(23)15-5-6-18-19(9-15)28-10-27-18/h5-10,13,21,23H,3-4H2,1-2H3,(H,27,28). The molecule has 2 fully saturated rings. The summed E-state index contributed by atoms with van der Waals surface area (Å²) in [6, 6.07) is 7.31. The fourth-order valence-corrected chi connectivity index (χ4v) is 5.00. The number of nitrogens with zero attached hydrogens (tertiary/aromatic N) is 3. The summed E-state index contributed by atoms with van der Waals surface area (Å²) in [4.78, 5) is 21.9. The number of β-lactam (4-membered cyclic amide) rings is 1. The predicted molar refractivity (Wildman–Crippen MR) is 114 cm³/mol. The van der Waals surface area contributed by atoms with Crippen molar-refractivity contribution in [3.8, 4) is 11.1 Å². The van der Waals surface area contributed by atoms with Crippen LogP contribution in [0.25, 0.3) is 22.2 Å². The van der Waals surface area contributed by atoms with Gasteiger partial charge in [-0.1, -0.05) is 5.16 Å². The summed E-state index contributed by atoms with van der Waals surface area (Å²) < 4.78 is 36.1. The molecule has 8 heteroatoms. The Morgan fingerprint density at radius 2 is 1.88 bits per heavy atom. The number of H-pyrrole nitrogens is 1. The lowest BCUT2D eigenvalue weighted by Gasteiger charge is -2.48. The molecular formula is C24H20F2N4O2. The average molecular weight is 434 g/mol. The minimum atomic E-state index is -0.690. The third-order valence-corrected chi connectivity index (χ3v) is 6.65. The van der Waals surface area contributed by atoms with Gasteiger partial charge in [-0.05, 0) is 68.5 Å². The number of aromatic nitrogens is 3. The highest BCUT2D eigenvalue weighted by Gasteiger charge is 2.56. The molecule has 32 heavy (non-hydrogen) atoms. The number of aryl methyl sites for hydroxylation is 2. The number of halogens is 2. The average Bonchev–Trinajstić information content (AvgIpc) is 3.34. The van der Waals surface area contributed by atoms with Gasteiger partial charge in [-0.3, -0.25) is 4.79 Å². The van der Waals surface area contributed by atoms with E-state index in [-0.39, 0.29) is 17.4 Å². The van der Waals surface area contributed by atoms with Gasteiger partial charge in [0.1, 0.15) is 17.4 Å². The monoisotopic (exact) mass is 434 g/mol. The van der Waals surface area contributed by atoms with Crippen molar-refractivity contribution in [3.05, 3.63) is 65.3 Å². The molecule has 1 saturated heterocycles. The number of hydrogen-bond acceptors (Lipinski definition) is 4. The molecule has 1 amide bonds. The number of imidazole rings is 1. The quantitative estimate of drug-likeness (QED) is 0.447. The molecule has 1 N–H and O–H groups in total. The number of carbonyl (C=O) groups is 1. The molecule has 6 nitrogen and oxygen atoms in total. The molecule has 2 aromatic heterocycles. The summed E-state index contributed by atoms with van der Waals surface area (Å²) in [5.41, 5.74) is 3.57. The molecule has 4 aromatic rings. The van der Waals surface area contributed by atoms with Crippen LogP contribution in [0, 0.1) is 37.3 Å². The van der Waals surface area contributed by atoms with Crippen LogP contribution >= 0.6 is 0 Å². The van der Waals surface area contributed by atoms with Gasteiger partial charge in [-0.25, -0.2) is 13.8 Å². The Bertz CT molecular complexity index is 1350. The molecule has 162 valence electrons. The van der Waals surface area contributed by atoms with Crippen molar-refractivity contribution in [3.63, 3.8) is 0 Å². The van der Waals surface area contributed by atoms with Crippen LogP contribution in [0.2, 0.25) is 0 Å². The second-order valence-electron chi connectivity index (χ2n) is 8.67. The molecule has 3 heterocycles. The van der Waals surface area contributed by atoms with E-state index < -0.39 is 23.6 Å². The van der Waals surface area contributed by atoms with Gasteiger partial charge in [0.25, 0.3) is 0 Å². The second kappa shape index (κ2) is 6.72. The molecule has 2 aliphatic rings. The van der Waals surface area contributed by atoms with Gasteiger partial charge in [0, 0.05) is 16.8 Å². The van der Waals surface area contributed by atoms with Gasteiger partial charge < -0.3 is 14.4 Å². The van der Waals surface area contributed by atoms with E-state index in [0.717, 1.165) is 18.4 Å². The zero-order valence-corrected chi connectivity index (χ0v) is 17.5. The third-order valence-electron chi connectivity index (χ3n) is 6.65. The number of anilines is 1. The lowest BCUT2D eigenvalue weighted by molar-refractivity contribution is -0.131. The van der Waals surface area contributed by atoms with Crippen molar-refractivity contribution in [2.45, 2.75) is 32.7 Å². The summed E-state index contributed by atoms with van der Waals surface area (Å²) in [6.45, 7) is 3.44. The van der Waals surface area contributed by atoms with Gasteiger partial charge >= 0.3 is 0 Å². The second-order valence-corrected chi connectivity index (χ2v) is 8.67. The molecule has 1 aliphatic heterocycles. The van der Waals surface area contributed by atoms with Crippen LogP contribution in [0.3, 0.4) is 0 Å². The Labute approximate surface area is 182 Å². The van der Waals surface area contributed by atoms with Crippen LogP contribution in [0.1, 0.15) is 35.9 Å². The van der Waals surface area contributed by atoms with Gasteiger partial charge in [0.2, 0.25) is 5.91 Å². The Balaban J connectivity index is 1.46. The van der Waals surface area contributed by atoms with Gasteiger partial charge in [-0.15, -0.1) is 0 Å². The van der Waals surface area contributed by atoms with E-state index in [1.54, 1.807) is 32.3 Å². The number of aromatic amines is 1. The maximum Gasteiger partial charge on any atom is 0.233 e. The Morgan fingerprint density at radius 1 is 1.12 bits per heavy atom. The molecule has 2 unspecified atom stereocenters. The van der Waals surface area contributed by atoms with E-state index in [2.05, 4.69) is 15.1 Å². The van der Waals surface area contributed by atoms with Gasteiger partial charge in [0.15, 0.2) is 0 Å². The van der Waals surface area contributed by atoms with E-state index in [4.69, 9.17) is 4.52 Å². The zero-order chi connectivity index (χ0) is 22.1. The Hall–Kier alpha value is -3.55. The molecule has 0 spiro atoms. The molecule has 6 rings (SSSR count). The van der Waals surface area contributed by atoms with E-state index in [9.17, 15) is 4.79 Å². The largest absolute Gasteiger partial charge is 0.361 e. The first-order valence-electron chi connectivity index (χ1n) is 10.6. The van der Waals surface area contributed by atoms with Gasteiger partial charge in [-0.2, -0.15) is 0 Å². The maximum atomic E-state index is 15.5. The van der Waals surface area contributed by atoms with Crippen LogP contribution in [0.5, 0.6) is 0 Å². The summed E-state index contributed by atoms with van der Waals surface area (Å²) in [7, 11) is 0. The minimum absolute atomic E-state index is 0.0702. The maximum absolute atomic E-state index is 15.5. The Morgan fingerprint density at radius 3 is 2.53 bits per heavy atom. The lowest BCUT2D eigenvalue weighted by Crippen LogP contribution is -2.56. The van der Waals surface area contributed by atoms with Crippen LogP contribution < -0.4 is 4.90 Å².